The zero-order valence-electron chi connectivity index (χ0n) is 13.8. The minimum absolute atomic E-state index is 0.206. The summed E-state index contributed by atoms with van der Waals surface area (Å²) in [6.07, 6.45) is 3.20. The highest BCUT2D eigenvalue weighted by molar-refractivity contribution is 6.48. The van der Waals surface area contributed by atoms with E-state index in [9.17, 15) is 4.79 Å². The molecule has 7 heteroatoms. The second-order valence-corrected chi connectivity index (χ2v) is 5.65. The summed E-state index contributed by atoms with van der Waals surface area (Å²) < 4.78 is 1.66. The molecule has 0 spiro atoms. The number of hydrogen-bond acceptors (Lipinski definition) is 5. The fraction of sp³-hybridized carbons (Fsp3) is 0.0526. The van der Waals surface area contributed by atoms with E-state index in [2.05, 4.69) is 16.5 Å². The number of anilines is 2. The van der Waals surface area contributed by atoms with Crippen LogP contribution in [0.25, 0.3) is 0 Å². The van der Waals surface area contributed by atoms with Crippen molar-refractivity contribution in [3.8, 4) is 6.07 Å². The van der Waals surface area contributed by atoms with Crippen molar-refractivity contribution >= 4 is 23.0 Å². The average molecular weight is 344 g/mol. The van der Waals surface area contributed by atoms with Crippen molar-refractivity contribution in [2.75, 3.05) is 11.1 Å². The Morgan fingerprint density at radius 1 is 1.23 bits per heavy atom. The van der Waals surface area contributed by atoms with Crippen LogP contribution >= 0.6 is 0 Å². The molecule has 3 rings (SSSR count). The van der Waals surface area contributed by atoms with E-state index in [0.717, 1.165) is 5.56 Å². The Morgan fingerprint density at radius 2 is 1.96 bits per heavy atom. The molecule has 0 saturated heterocycles. The van der Waals surface area contributed by atoms with E-state index in [-0.39, 0.29) is 5.71 Å². The molecule has 0 saturated carbocycles. The number of carbonyl (C=O) groups excluding carboxylic acids is 1. The van der Waals surface area contributed by atoms with Crippen molar-refractivity contribution < 1.29 is 4.79 Å². The third-order valence-corrected chi connectivity index (χ3v) is 3.78. The first kappa shape index (κ1) is 16.9. The van der Waals surface area contributed by atoms with Crippen molar-refractivity contribution in [1.29, 1.82) is 10.7 Å². The Bertz CT molecular complexity index is 997. The minimum atomic E-state index is -0.555. The summed E-state index contributed by atoms with van der Waals surface area (Å²) in [5.74, 6) is -0.555. The number of para-hydroxylation sites is 1. The molecule has 0 aliphatic carbocycles. The molecule has 1 amide bonds. The summed E-state index contributed by atoms with van der Waals surface area (Å²) in [6.45, 7) is 0.505. The number of nitriles is 1. The van der Waals surface area contributed by atoms with Crippen LogP contribution in [-0.4, -0.2) is 21.4 Å². The van der Waals surface area contributed by atoms with Crippen molar-refractivity contribution in [2.24, 2.45) is 0 Å². The molecule has 0 unspecified atom stereocenters. The molecule has 7 nitrogen and oxygen atoms in total. The van der Waals surface area contributed by atoms with Crippen molar-refractivity contribution in [1.82, 2.24) is 9.78 Å². The van der Waals surface area contributed by atoms with Gasteiger partial charge in [-0.1, -0.05) is 30.3 Å². The Labute approximate surface area is 150 Å². The number of aromatic nitrogens is 2. The predicted molar refractivity (Wildman–Crippen MR) is 98.8 cm³/mol. The van der Waals surface area contributed by atoms with Gasteiger partial charge >= 0.3 is 0 Å². The number of nitrogen functional groups attached to an aromatic ring is 1. The predicted octanol–water partition coefficient (Wildman–Crippen LogP) is 2.39. The molecular weight excluding hydrogens is 328 g/mol. The fourth-order valence-electron chi connectivity index (χ4n) is 2.43. The number of nitrogens with zero attached hydrogens (tertiary/aromatic N) is 3. The SMILES string of the molecule is N#Cc1ccc(Cn2cc(NC(=O)C(=N)c3ccccc3N)cn2)cc1. The van der Waals surface area contributed by atoms with Gasteiger partial charge < -0.3 is 11.1 Å². The molecular formula is C19H16N6O. The van der Waals surface area contributed by atoms with Crippen LogP contribution in [0.2, 0.25) is 0 Å². The van der Waals surface area contributed by atoms with Gasteiger partial charge in [-0.15, -0.1) is 0 Å². The van der Waals surface area contributed by atoms with Gasteiger partial charge in [0.2, 0.25) is 0 Å². The van der Waals surface area contributed by atoms with Crippen LogP contribution < -0.4 is 11.1 Å². The molecule has 0 aliphatic rings. The third kappa shape index (κ3) is 3.76. The van der Waals surface area contributed by atoms with Gasteiger partial charge in [-0.2, -0.15) is 10.4 Å². The molecule has 26 heavy (non-hydrogen) atoms. The van der Waals surface area contributed by atoms with E-state index in [4.69, 9.17) is 16.4 Å². The highest BCUT2D eigenvalue weighted by Gasteiger charge is 2.15. The molecule has 0 aliphatic heterocycles. The number of nitrogens with two attached hydrogens (primary N) is 1. The van der Waals surface area contributed by atoms with E-state index < -0.39 is 5.91 Å². The van der Waals surface area contributed by atoms with Gasteiger partial charge in [0.05, 0.1) is 30.1 Å². The monoisotopic (exact) mass is 344 g/mol. The third-order valence-electron chi connectivity index (χ3n) is 3.78. The second kappa shape index (κ2) is 7.32. The van der Waals surface area contributed by atoms with Crippen molar-refractivity contribution in [2.45, 2.75) is 6.54 Å². The summed E-state index contributed by atoms with van der Waals surface area (Å²) in [4.78, 5) is 12.2. The summed E-state index contributed by atoms with van der Waals surface area (Å²) in [5.41, 5.74) is 8.43. The average Bonchev–Trinajstić information content (AvgIpc) is 3.09. The summed E-state index contributed by atoms with van der Waals surface area (Å²) >= 11 is 0. The molecule has 3 aromatic rings. The first-order chi connectivity index (χ1) is 12.6. The van der Waals surface area contributed by atoms with Gasteiger partial charge in [-0.05, 0) is 23.8 Å². The normalized spacial score (nSPS) is 10.1. The van der Waals surface area contributed by atoms with Gasteiger partial charge in [0.25, 0.3) is 5.91 Å². The van der Waals surface area contributed by atoms with Crippen LogP contribution in [0.3, 0.4) is 0 Å². The van der Waals surface area contributed by atoms with Gasteiger partial charge in [0, 0.05) is 17.4 Å². The van der Waals surface area contributed by atoms with Crippen LogP contribution in [0.5, 0.6) is 0 Å². The highest BCUT2D eigenvalue weighted by Crippen LogP contribution is 2.13. The van der Waals surface area contributed by atoms with Crippen LogP contribution in [0.4, 0.5) is 11.4 Å². The lowest BCUT2D eigenvalue weighted by atomic mass is 10.1. The van der Waals surface area contributed by atoms with Gasteiger partial charge in [-0.25, -0.2) is 0 Å². The topological polar surface area (TPSA) is 121 Å². The fourth-order valence-corrected chi connectivity index (χ4v) is 2.43. The maximum Gasteiger partial charge on any atom is 0.274 e. The number of benzene rings is 2. The molecule has 4 N–H and O–H groups in total. The number of rotatable bonds is 5. The number of amides is 1. The molecule has 0 radical (unpaired) electrons. The molecule has 1 heterocycles. The second-order valence-electron chi connectivity index (χ2n) is 5.65. The largest absolute Gasteiger partial charge is 0.398 e. The standard InChI is InChI=1S/C19H16N6O/c20-9-13-5-7-14(8-6-13)11-25-12-15(10-23-25)24-19(26)18(22)16-3-1-2-4-17(16)21/h1-8,10,12,22H,11,21H2,(H,24,26). The Kier molecular flexibility index (Phi) is 4.76. The van der Waals surface area contributed by atoms with E-state index in [1.54, 1.807) is 47.3 Å². The zero-order chi connectivity index (χ0) is 18.5. The van der Waals surface area contributed by atoms with Crippen molar-refractivity contribution in [3.63, 3.8) is 0 Å². The lowest BCUT2D eigenvalue weighted by Gasteiger charge is -2.07. The van der Waals surface area contributed by atoms with Gasteiger partial charge in [0.1, 0.15) is 5.71 Å². The zero-order valence-corrected chi connectivity index (χ0v) is 13.8. The first-order valence-electron chi connectivity index (χ1n) is 7.83. The molecule has 2 aromatic carbocycles. The van der Waals surface area contributed by atoms with Crippen LogP contribution in [0.1, 0.15) is 16.7 Å². The van der Waals surface area contributed by atoms with Crippen LogP contribution in [-0.2, 0) is 11.3 Å². The van der Waals surface area contributed by atoms with E-state index in [1.165, 1.54) is 6.20 Å². The number of carbonyl (C=O) groups is 1. The summed E-state index contributed by atoms with van der Waals surface area (Å²) in [6, 6.07) is 16.0. The Morgan fingerprint density at radius 3 is 2.65 bits per heavy atom. The van der Waals surface area contributed by atoms with Crippen LogP contribution in [0, 0.1) is 16.7 Å². The Hall–Kier alpha value is -3.92. The first-order valence-corrected chi connectivity index (χ1v) is 7.83. The molecule has 128 valence electrons. The summed E-state index contributed by atoms with van der Waals surface area (Å²) in [7, 11) is 0. The Balaban J connectivity index is 1.66. The maximum absolute atomic E-state index is 12.2. The van der Waals surface area contributed by atoms with E-state index >= 15 is 0 Å². The number of nitrogens with one attached hydrogen (secondary N) is 2. The van der Waals surface area contributed by atoms with Crippen molar-refractivity contribution in [3.05, 3.63) is 77.6 Å². The van der Waals surface area contributed by atoms with E-state index in [1.807, 2.05) is 12.1 Å². The molecule has 0 atom stereocenters. The maximum atomic E-state index is 12.2. The lowest BCUT2D eigenvalue weighted by molar-refractivity contribution is -0.110. The highest BCUT2D eigenvalue weighted by atomic mass is 16.1. The molecule has 0 bridgehead atoms. The van der Waals surface area contributed by atoms with E-state index in [0.29, 0.717) is 29.0 Å². The summed E-state index contributed by atoms with van der Waals surface area (Å²) in [5, 5.41) is 23.7. The number of hydrogen-bond donors (Lipinski definition) is 3. The quantitative estimate of drug-likeness (QED) is 0.486. The molecule has 1 aromatic heterocycles. The smallest absolute Gasteiger partial charge is 0.274 e. The van der Waals surface area contributed by atoms with Gasteiger partial charge in [-0.3, -0.25) is 14.9 Å². The lowest BCUT2D eigenvalue weighted by Crippen LogP contribution is -2.23. The van der Waals surface area contributed by atoms with Gasteiger partial charge in [0.15, 0.2) is 0 Å². The minimum Gasteiger partial charge on any atom is -0.398 e. The molecule has 0 fully saturated rings. The van der Waals surface area contributed by atoms with Crippen LogP contribution in [0.15, 0.2) is 60.9 Å².